The van der Waals surface area contributed by atoms with Gasteiger partial charge in [-0.1, -0.05) is 80.7 Å². The number of aliphatic carboxylic acids is 1. The second-order valence-corrected chi connectivity index (χ2v) is 8.33. The van der Waals surface area contributed by atoms with Gasteiger partial charge in [-0.15, -0.1) is 0 Å². The van der Waals surface area contributed by atoms with Crippen LogP contribution in [0.1, 0.15) is 56.9 Å². The normalized spacial score (nSPS) is 17.9. The number of urea groups is 1. The summed E-state index contributed by atoms with van der Waals surface area (Å²) in [6.07, 6.45) is 14.1. The fraction of sp³-hybridized carbons (Fsp3) is 0.480. The molecule has 0 fully saturated rings. The molecule has 32 heavy (non-hydrogen) atoms. The molecule has 1 aromatic rings. The Hall–Kier alpha value is -3.09. The van der Waals surface area contributed by atoms with Crippen LogP contribution in [0.25, 0.3) is 0 Å². The quantitative estimate of drug-likeness (QED) is 0.371. The van der Waals surface area contributed by atoms with E-state index in [9.17, 15) is 14.7 Å². The minimum atomic E-state index is -0.993. The molecule has 7 heteroatoms. The molecule has 0 radical (unpaired) electrons. The number of benzene rings is 1. The maximum atomic E-state index is 12.0. The van der Waals surface area contributed by atoms with Gasteiger partial charge in [-0.3, -0.25) is 4.99 Å². The molecule has 1 aromatic carbocycles. The number of aliphatic imine (C=N–C) groups is 1. The molecular weight excluding hydrogens is 404 g/mol. The van der Waals surface area contributed by atoms with Gasteiger partial charge in [-0.25, -0.2) is 9.59 Å². The van der Waals surface area contributed by atoms with Crippen LogP contribution in [-0.2, 0) is 11.3 Å². The Morgan fingerprint density at radius 3 is 2.72 bits per heavy atom. The number of nitrogens with zero attached hydrogens (tertiary/aromatic N) is 1. The smallest absolute Gasteiger partial charge is 0.326 e. The molecule has 2 unspecified atom stereocenters. The van der Waals surface area contributed by atoms with Crippen molar-refractivity contribution in [2.24, 2.45) is 4.99 Å². The van der Waals surface area contributed by atoms with Crippen molar-refractivity contribution in [2.45, 2.75) is 70.0 Å². The van der Waals surface area contributed by atoms with Crippen molar-refractivity contribution < 1.29 is 14.7 Å². The highest BCUT2D eigenvalue weighted by molar-refractivity contribution is 6.02. The van der Waals surface area contributed by atoms with E-state index in [0.29, 0.717) is 13.0 Å². The molecule has 2 aliphatic heterocycles. The number of carbonyl (C=O) groups is 2. The average molecular weight is 439 g/mol. The molecule has 2 atom stereocenters. The van der Waals surface area contributed by atoms with Crippen LogP contribution in [0.4, 0.5) is 4.79 Å². The van der Waals surface area contributed by atoms with Crippen molar-refractivity contribution in [3.63, 3.8) is 0 Å². The molecule has 2 amide bonds. The van der Waals surface area contributed by atoms with Crippen molar-refractivity contribution in [1.82, 2.24) is 16.0 Å². The van der Waals surface area contributed by atoms with Crippen LogP contribution >= 0.6 is 0 Å². The lowest BCUT2D eigenvalue weighted by atomic mass is 10.0. The van der Waals surface area contributed by atoms with Crippen molar-refractivity contribution in [2.75, 3.05) is 6.54 Å². The standard InChI is InChI=1S/C25H34N4O3/c30-24(31)22(29-25(32)27-18-19-10-5-4-6-11-19)14-8-3-1-2-7-13-21-16-15-20-12-9-17-26-23(20)28-21/h4-6,10-12,15-16,21-22H,1-3,7-9,13-14,17-18H2,(H,26,28)(H,30,31)(H2,27,29,32). The van der Waals surface area contributed by atoms with Gasteiger partial charge in [0.15, 0.2) is 0 Å². The maximum Gasteiger partial charge on any atom is 0.326 e. The highest BCUT2D eigenvalue weighted by atomic mass is 16.4. The van der Waals surface area contributed by atoms with Crippen LogP contribution in [0.5, 0.6) is 0 Å². The van der Waals surface area contributed by atoms with Gasteiger partial charge in [-0.2, -0.15) is 0 Å². The summed E-state index contributed by atoms with van der Waals surface area (Å²) in [6.45, 7) is 1.33. The van der Waals surface area contributed by atoms with Crippen molar-refractivity contribution in [1.29, 1.82) is 0 Å². The third-order valence-electron chi connectivity index (χ3n) is 5.76. The third kappa shape index (κ3) is 7.87. The summed E-state index contributed by atoms with van der Waals surface area (Å²) in [4.78, 5) is 28.3. The first-order chi connectivity index (χ1) is 15.6. The molecule has 0 spiro atoms. The van der Waals surface area contributed by atoms with E-state index >= 15 is 0 Å². The summed E-state index contributed by atoms with van der Waals surface area (Å²) >= 11 is 0. The first-order valence-electron chi connectivity index (χ1n) is 11.6. The van der Waals surface area contributed by atoms with Gasteiger partial charge in [0.2, 0.25) is 0 Å². The van der Waals surface area contributed by atoms with E-state index in [1.165, 1.54) is 5.57 Å². The number of carboxylic acids is 1. The lowest BCUT2D eigenvalue weighted by Crippen LogP contribution is -2.45. The van der Waals surface area contributed by atoms with E-state index in [0.717, 1.165) is 62.9 Å². The fourth-order valence-corrected chi connectivity index (χ4v) is 3.95. The molecule has 0 saturated heterocycles. The number of amides is 2. The summed E-state index contributed by atoms with van der Waals surface area (Å²) in [7, 11) is 0. The zero-order valence-corrected chi connectivity index (χ0v) is 18.6. The minimum absolute atomic E-state index is 0.253. The summed E-state index contributed by atoms with van der Waals surface area (Å²) < 4.78 is 0. The van der Waals surface area contributed by atoms with E-state index in [-0.39, 0.29) is 6.04 Å². The van der Waals surface area contributed by atoms with Crippen LogP contribution in [0.2, 0.25) is 0 Å². The first kappa shape index (κ1) is 23.6. The second kappa shape index (κ2) is 12.7. The highest BCUT2D eigenvalue weighted by Gasteiger charge is 2.19. The number of dihydropyridines is 1. The largest absolute Gasteiger partial charge is 0.480 e. The van der Waals surface area contributed by atoms with Crippen molar-refractivity contribution in [3.05, 3.63) is 59.7 Å². The van der Waals surface area contributed by atoms with E-state index in [4.69, 9.17) is 4.99 Å². The van der Waals surface area contributed by atoms with Crippen LogP contribution in [0.3, 0.4) is 0 Å². The van der Waals surface area contributed by atoms with Crippen LogP contribution in [0.15, 0.2) is 59.1 Å². The summed E-state index contributed by atoms with van der Waals surface area (Å²) in [6, 6.07) is 8.47. The molecule has 7 nitrogen and oxygen atoms in total. The summed E-state index contributed by atoms with van der Waals surface area (Å²) in [5, 5.41) is 18.1. The van der Waals surface area contributed by atoms with Gasteiger partial charge >= 0.3 is 12.0 Å². The Bertz CT molecular complexity index is 848. The number of carbonyl (C=O) groups excluding carboxylic acids is 1. The predicted octanol–water partition coefficient (Wildman–Crippen LogP) is 3.93. The Morgan fingerprint density at radius 2 is 1.91 bits per heavy atom. The zero-order chi connectivity index (χ0) is 22.6. The highest BCUT2D eigenvalue weighted by Crippen LogP contribution is 2.18. The Balaban J connectivity index is 1.26. The topological polar surface area (TPSA) is 103 Å². The van der Waals surface area contributed by atoms with E-state index in [1.54, 1.807) is 0 Å². The van der Waals surface area contributed by atoms with Gasteiger partial charge in [0.05, 0.1) is 6.04 Å². The van der Waals surface area contributed by atoms with Gasteiger partial charge in [0.25, 0.3) is 0 Å². The van der Waals surface area contributed by atoms with E-state index in [1.807, 2.05) is 30.3 Å². The van der Waals surface area contributed by atoms with E-state index in [2.05, 4.69) is 34.2 Å². The average Bonchev–Trinajstić information content (AvgIpc) is 2.81. The number of hydrogen-bond acceptors (Lipinski definition) is 4. The predicted molar refractivity (Wildman–Crippen MR) is 127 cm³/mol. The monoisotopic (exact) mass is 438 g/mol. The molecule has 4 N–H and O–H groups in total. The van der Waals surface area contributed by atoms with Gasteiger partial charge < -0.3 is 21.1 Å². The van der Waals surface area contributed by atoms with Crippen LogP contribution in [0, 0.1) is 0 Å². The van der Waals surface area contributed by atoms with Crippen molar-refractivity contribution >= 4 is 17.8 Å². The third-order valence-corrected chi connectivity index (χ3v) is 5.76. The Kier molecular flexibility index (Phi) is 9.35. The molecule has 2 aliphatic rings. The summed E-state index contributed by atoms with van der Waals surface area (Å²) in [5.74, 6) is 0.0385. The van der Waals surface area contributed by atoms with Crippen LogP contribution < -0.4 is 16.0 Å². The first-order valence-corrected chi connectivity index (χ1v) is 11.6. The SMILES string of the molecule is O=C(NCc1ccccc1)NC(CCCCCCCC1C=CC2=CCCNC2=N1)C(=O)O. The molecular formula is C25H34N4O3. The Labute approximate surface area is 190 Å². The van der Waals surface area contributed by atoms with Crippen molar-refractivity contribution in [3.8, 4) is 0 Å². The fourth-order valence-electron chi connectivity index (χ4n) is 3.95. The van der Waals surface area contributed by atoms with Gasteiger partial charge in [0, 0.05) is 18.7 Å². The molecule has 0 saturated carbocycles. The minimum Gasteiger partial charge on any atom is -0.480 e. The molecule has 0 aromatic heterocycles. The van der Waals surface area contributed by atoms with Gasteiger partial charge in [-0.05, 0) is 24.8 Å². The summed E-state index contributed by atoms with van der Waals surface area (Å²) in [5.41, 5.74) is 2.18. The molecule has 0 aliphatic carbocycles. The lowest BCUT2D eigenvalue weighted by Gasteiger charge is -2.22. The maximum absolute atomic E-state index is 12.0. The van der Waals surface area contributed by atoms with Gasteiger partial charge in [0.1, 0.15) is 11.9 Å². The van der Waals surface area contributed by atoms with Crippen LogP contribution in [-0.4, -0.2) is 41.6 Å². The molecule has 0 bridgehead atoms. The number of rotatable bonds is 12. The molecule has 2 heterocycles. The van der Waals surface area contributed by atoms with E-state index < -0.39 is 18.0 Å². The lowest BCUT2D eigenvalue weighted by molar-refractivity contribution is -0.139. The second-order valence-electron chi connectivity index (χ2n) is 8.33. The number of carboxylic acid groups (broad SMARTS) is 1. The zero-order valence-electron chi connectivity index (χ0n) is 18.6. The number of nitrogens with one attached hydrogen (secondary N) is 3. The molecule has 172 valence electrons. The number of fused-ring (bicyclic) bond motifs is 1. The number of amidine groups is 1. The molecule has 3 rings (SSSR count). The number of hydrogen-bond donors (Lipinski definition) is 4. The Morgan fingerprint density at radius 1 is 1.12 bits per heavy atom. The number of unbranched alkanes of at least 4 members (excludes halogenated alkanes) is 4.